The van der Waals surface area contributed by atoms with Crippen LogP contribution in [0.3, 0.4) is 0 Å². The van der Waals surface area contributed by atoms with E-state index in [2.05, 4.69) is 170 Å². The van der Waals surface area contributed by atoms with Crippen molar-refractivity contribution in [3.05, 3.63) is 175 Å². The van der Waals surface area contributed by atoms with Gasteiger partial charge in [-0.25, -0.2) is 0 Å². The standard InChI is InChI=1S/C49H33NOS/c1-49(2)43-12-6-3-9-37(43)42-28-34(22-26-44(42)49)50(35-21-25-39-38-10-4-7-13-45(38)51-46(39)29-35)33-19-15-30(16-20-33)31-17-23-36-32(27-31)18-24-41-40-11-5-8-14-47(40)52-48(36)41/h3-29H,1-2H3. The van der Waals surface area contributed by atoms with Crippen molar-refractivity contribution in [3.63, 3.8) is 0 Å². The zero-order valence-electron chi connectivity index (χ0n) is 28.9. The smallest absolute Gasteiger partial charge is 0.137 e. The second-order valence-corrected chi connectivity index (χ2v) is 15.6. The summed E-state index contributed by atoms with van der Waals surface area (Å²) in [5, 5.41) is 7.52. The third-order valence-electron chi connectivity index (χ3n) is 11.3. The molecule has 2 aromatic heterocycles. The minimum atomic E-state index is -0.0489. The molecule has 1 aliphatic rings. The normalized spacial score (nSPS) is 13.3. The van der Waals surface area contributed by atoms with Crippen molar-refractivity contribution < 1.29 is 4.42 Å². The quantitative estimate of drug-likeness (QED) is 0.184. The Labute approximate surface area is 305 Å². The van der Waals surface area contributed by atoms with Crippen LogP contribution in [-0.4, -0.2) is 0 Å². The van der Waals surface area contributed by atoms with Crippen LogP contribution in [0.4, 0.5) is 17.1 Å². The second kappa shape index (κ2) is 10.9. The zero-order valence-corrected chi connectivity index (χ0v) is 29.7. The lowest BCUT2D eigenvalue weighted by Crippen LogP contribution is -2.15. The van der Waals surface area contributed by atoms with Gasteiger partial charge in [0.15, 0.2) is 0 Å². The second-order valence-electron chi connectivity index (χ2n) is 14.5. The van der Waals surface area contributed by atoms with Gasteiger partial charge in [0.05, 0.1) is 0 Å². The fourth-order valence-corrected chi connectivity index (χ4v) is 9.88. The molecule has 11 rings (SSSR count). The van der Waals surface area contributed by atoms with Crippen molar-refractivity contribution in [3.8, 4) is 22.3 Å². The summed E-state index contributed by atoms with van der Waals surface area (Å²) in [4.78, 5) is 2.36. The lowest BCUT2D eigenvalue weighted by molar-refractivity contribution is 0.660. The number of benzene rings is 8. The van der Waals surface area contributed by atoms with Crippen LogP contribution in [0.1, 0.15) is 25.0 Å². The third-order valence-corrected chi connectivity index (χ3v) is 12.5. The van der Waals surface area contributed by atoms with Gasteiger partial charge in [0, 0.05) is 59.5 Å². The summed E-state index contributed by atoms with van der Waals surface area (Å²) >= 11 is 1.89. The summed E-state index contributed by atoms with van der Waals surface area (Å²) in [6, 6.07) is 59.9. The van der Waals surface area contributed by atoms with E-state index in [0.29, 0.717) is 0 Å². The summed E-state index contributed by atoms with van der Waals surface area (Å²) in [7, 11) is 0. The molecule has 0 radical (unpaired) electrons. The van der Waals surface area contributed by atoms with E-state index in [9.17, 15) is 0 Å². The predicted molar refractivity (Wildman–Crippen MR) is 222 cm³/mol. The summed E-state index contributed by atoms with van der Waals surface area (Å²) in [5.74, 6) is 0. The van der Waals surface area contributed by atoms with Crippen molar-refractivity contribution in [2.75, 3.05) is 4.90 Å². The SMILES string of the molecule is CC1(C)c2ccccc2-c2cc(N(c3ccc(-c4ccc5c(ccc6c7ccccc7sc56)c4)cc3)c3ccc4c(c3)oc3ccccc34)ccc21. The first-order valence-corrected chi connectivity index (χ1v) is 18.7. The summed E-state index contributed by atoms with van der Waals surface area (Å²) in [6.07, 6.45) is 0. The van der Waals surface area contributed by atoms with Crippen LogP contribution in [0.2, 0.25) is 0 Å². The van der Waals surface area contributed by atoms with Gasteiger partial charge in [-0.15, -0.1) is 11.3 Å². The fourth-order valence-electron chi connectivity index (χ4n) is 8.64. The summed E-state index contributed by atoms with van der Waals surface area (Å²) in [6.45, 7) is 4.67. The number of anilines is 3. The fraction of sp³-hybridized carbons (Fsp3) is 0.0612. The first kappa shape index (κ1) is 29.6. The topological polar surface area (TPSA) is 16.4 Å². The number of nitrogens with zero attached hydrogens (tertiary/aromatic N) is 1. The maximum absolute atomic E-state index is 6.39. The van der Waals surface area contributed by atoms with Crippen molar-refractivity contribution in [1.29, 1.82) is 0 Å². The highest BCUT2D eigenvalue weighted by Crippen LogP contribution is 2.51. The lowest BCUT2D eigenvalue weighted by Gasteiger charge is -2.27. The minimum Gasteiger partial charge on any atom is -0.456 e. The number of thiophene rings is 1. The van der Waals surface area contributed by atoms with E-state index in [1.54, 1.807) is 0 Å². The highest BCUT2D eigenvalue weighted by Gasteiger charge is 2.35. The van der Waals surface area contributed by atoms with Gasteiger partial charge in [0.1, 0.15) is 11.2 Å². The van der Waals surface area contributed by atoms with Crippen LogP contribution < -0.4 is 4.90 Å². The van der Waals surface area contributed by atoms with Crippen LogP contribution in [0, 0.1) is 0 Å². The lowest BCUT2D eigenvalue weighted by atomic mass is 9.82. The number of furan rings is 1. The molecule has 2 heterocycles. The highest BCUT2D eigenvalue weighted by molar-refractivity contribution is 7.26. The Kier molecular flexibility index (Phi) is 6.21. The van der Waals surface area contributed by atoms with Gasteiger partial charge in [-0.3, -0.25) is 0 Å². The van der Waals surface area contributed by atoms with Gasteiger partial charge in [0.25, 0.3) is 0 Å². The molecule has 2 nitrogen and oxygen atoms in total. The van der Waals surface area contributed by atoms with E-state index in [-0.39, 0.29) is 5.41 Å². The van der Waals surface area contributed by atoms with Gasteiger partial charge < -0.3 is 9.32 Å². The van der Waals surface area contributed by atoms with Crippen LogP contribution >= 0.6 is 11.3 Å². The molecule has 0 amide bonds. The van der Waals surface area contributed by atoms with Crippen LogP contribution in [-0.2, 0) is 5.41 Å². The molecule has 8 aromatic carbocycles. The van der Waals surface area contributed by atoms with Gasteiger partial charge in [0.2, 0.25) is 0 Å². The molecule has 0 saturated heterocycles. The highest BCUT2D eigenvalue weighted by atomic mass is 32.1. The summed E-state index contributed by atoms with van der Waals surface area (Å²) in [5.41, 5.74) is 12.8. The molecular weight excluding hydrogens is 651 g/mol. The van der Waals surface area contributed by atoms with Gasteiger partial charge in [-0.2, -0.15) is 0 Å². The molecular formula is C49H33NOS. The monoisotopic (exact) mass is 683 g/mol. The van der Waals surface area contributed by atoms with E-state index in [4.69, 9.17) is 4.42 Å². The molecule has 0 spiro atoms. The molecule has 3 heteroatoms. The average molecular weight is 684 g/mol. The van der Waals surface area contributed by atoms with E-state index >= 15 is 0 Å². The molecule has 10 aromatic rings. The zero-order chi connectivity index (χ0) is 34.6. The molecule has 1 aliphatic carbocycles. The average Bonchev–Trinajstić information content (AvgIpc) is 3.83. The van der Waals surface area contributed by atoms with E-state index < -0.39 is 0 Å². The van der Waals surface area contributed by atoms with Crippen LogP contribution in [0.15, 0.2) is 168 Å². The Hall–Kier alpha value is -6.16. The van der Waals surface area contributed by atoms with E-state index in [0.717, 1.165) is 39.0 Å². The Bertz CT molecular complexity index is 3050. The number of hydrogen-bond acceptors (Lipinski definition) is 3. The molecule has 52 heavy (non-hydrogen) atoms. The molecule has 0 N–H and O–H groups in total. The predicted octanol–water partition coefficient (Wildman–Crippen LogP) is 14.6. The third kappa shape index (κ3) is 4.30. The van der Waals surface area contributed by atoms with Crippen molar-refractivity contribution in [1.82, 2.24) is 0 Å². The van der Waals surface area contributed by atoms with Crippen molar-refractivity contribution in [2.24, 2.45) is 0 Å². The van der Waals surface area contributed by atoms with Gasteiger partial charge in [-0.1, -0.05) is 117 Å². The minimum absolute atomic E-state index is 0.0489. The number of fused-ring (bicyclic) bond motifs is 11. The largest absolute Gasteiger partial charge is 0.456 e. The maximum atomic E-state index is 6.39. The molecule has 0 fully saturated rings. The van der Waals surface area contributed by atoms with Crippen LogP contribution in [0.25, 0.3) is 75.1 Å². The summed E-state index contributed by atoms with van der Waals surface area (Å²) < 4.78 is 9.09. The number of hydrogen-bond donors (Lipinski definition) is 0. The Balaban J connectivity index is 1.03. The molecule has 0 saturated carbocycles. The van der Waals surface area contributed by atoms with E-state index in [1.165, 1.54) is 64.3 Å². The van der Waals surface area contributed by atoms with Crippen molar-refractivity contribution >= 4 is 81.3 Å². The van der Waals surface area contributed by atoms with Gasteiger partial charge >= 0.3 is 0 Å². The number of rotatable bonds is 4. The van der Waals surface area contributed by atoms with E-state index in [1.807, 2.05) is 23.5 Å². The first-order valence-electron chi connectivity index (χ1n) is 17.9. The van der Waals surface area contributed by atoms with Crippen molar-refractivity contribution in [2.45, 2.75) is 19.3 Å². The Morgan fingerprint density at radius 1 is 0.462 bits per heavy atom. The molecule has 0 unspecified atom stereocenters. The van der Waals surface area contributed by atoms with Gasteiger partial charge in [-0.05, 0) is 98.8 Å². The molecule has 0 bridgehead atoms. The Morgan fingerprint density at radius 2 is 1.12 bits per heavy atom. The number of para-hydroxylation sites is 1. The first-order chi connectivity index (χ1) is 25.5. The molecule has 246 valence electrons. The molecule has 0 aliphatic heterocycles. The van der Waals surface area contributed by atoms with Crippen LogP contribution in [0.5, 0.6) is 0 Å². The maximum Gasteiger partial charge on any atom is 0.137 e. The molecule has 0 atom stereocenters. The Morgan fingerprint density at radius 3 is 2.02 bits per heavy atom.